The number of hydrogen-bond acceptors (Lipinski definition) is 4. The van der Waals surface area contributed by atoms with Crippen molar-refractivity contribution in [3.63, 3.8) is 0 Å². The number of anilines is 1. The molecule has 0 saturated carbocycles. The fraction of sp³-hybridized carbons (Fsp3) is 0.273. The highest BCUT2D eigenvalue weighted by Crippen LogP contribution is 2.35. The van der Waals surface area contributed by atoms with E-state index in [4.69, 9.17) is 21.7 Å². The molecule has 3 rings (SSSR count). The van der Waals surface area contributed by atoms with Crippen LogP contribution < -0.4 is 15.0 Å². The van der Waals surface area contributed by atoms with Gasteiger partial charge in [-0.3, -0.25) is 4.90 Å². The van der Waals surface area contributed by atoms with Gasteiger partial charge in [0.25, 0.3) is 0 Å². The number of nitrogens with one attached hydrogen (secondary N) is 1. The van der Waals surface area contributed by atoms with Crippen molar-refractivity contribution in [2.75, 3.05) is 18.6 Å². The predicted octanol–water partition coefficient (Wildman–Crippen LogP) is 4.28. The smallest absolute Gasteiger partial charge is 0.338 e. The second-order valence-electron chi connectivity index (χ2n) is 6.55. The molecule has 1 N–H and O–H groups in total. The third-order valence-electron chi connectivity index (χ3n) is 4.69. The van der Waals surface area contributed by atoms with Gasteiger partial charge in [0, 0.05) is 11.4 Å². The number of carbonyl (C=O) groups is 1. The van der Waals surface area contributed by atoms with E-state index in [2.05, 4.69) is 11.4 Å². The number of thiocarbonyl (C=S) groups is 1. The summed E-state index contributed by atoms with van der Waals surface area (Å²) >= 11 is 5.66. The number of ether oxygens (including phenoxy) is 2. The van der Waals surface area contributed by atoms with Crippen molar-refractivity contribution in [1.82, 2.24) is 5.32 Å². The molecule has 0 spiro atoms. The zero-order valence-electron chi connectivity index (χ0n) is 16.5. The molecule has 146 valence electrons. The standard InChI is InChI=1S/C22H24N2O3S/c1-5-27-21(25)19-15(3)24(17-9-11-18(26-4)12-10-17)22(28)23-20(19)16-8-6-7-14(2)13-16/h6-13,20H,5H2,1-4H3,(H,23,28)/t20-/m0/s1. The summed E-state index contributed by atoms with van der Waals surface area (Å²) in [6.45, 7) is 6.03. The Morgan fingerprint density at radius 2 is 1.89 bits per heavy atom. The zero-order valence-corrected chi connectivity index (χ0v) is 17.3. The van der Waals surface area contributed by atoms with Gasteiger partial charge in [0.1, 0.15) is 5.75 Å². The molecule has 0 bridgehead atoms. The van der Waals surface area contributed by atoms with Crippen LogP contribution in [-0.4, -0.2) is 24.8 Å². The molecule has 0 saturated heterocycles. The summed E-state index contributed by atoms with van der Waals surface area (Å²) < 4.78 is 10.6. The van der Waals surface area contributed by atoms with E-state index in [1.807, 2.05) is 61.2 Å². The van der Waals surface area contributed by atoms with E-state index in [0.29, 0.717) is 17.3 Å². The third-order valence-corrected chi connectivity index (χ3v) is 4.99. The first-order valence-corrected chi connectivity index (χ1v) is 9.56. The normalized spacial score (nSPS) is 16.6. The van der Waals surface area contributed by atoms with E-state index in [-0.39, 0.29) is 12.0 Å². The number of aryl methyl sites for hydroxylation is 1. The molecule has 28 heavy (non-hydrogen) atoms. The molecule has 6 heteroatoms. The highest BCUT2D eigenvalue weighted by Gasteiger charge is 2.35. The van der Waals surface area contributed by atoms with Gasteiger partial charge in [0.05, 0.1) is 25.3 Å². The largest absolute Gasteiger partial charge is 0.497 e. The van der Waals surface area contributed by atoms with E-state index < -0.39 is 0 Å². The molecule has 0 amide bonds. The van der Waals surface area contributed by atoms with Crippen LogP contribution in [0.15, 0.2) is 59.8 Å². The second-order valence-corrected chi connectivity index (χ2v) is 6.94. The molecule has 0 radical (unpaired) electrons. The summed E-state index contributed by atoms with van der Waals surface area (Å²) in [6, 6.07) is 15.2. The minimum absolute atomic E-state index is 0.309. The summed E-state index contributed by atoms with van der Waals surface area (Å²) in [4.78, 5) is 14.7. The Labute approximate surface area is 170 Å². The summed E-state index contributed by atoms with van der Waals surface area (Å²) in [5.41, 5.74) is 4.24. The van der Waals surface area contributed by atoms with Gasteiger partial charge < -0.3 is 14.8 Å². The molecule has 1 aliphatic rings. The number of methoxy groups -OCH3 is 1. The average molecular weight is 397 g/mol. The quantitative estimate of drug-likeness (QED) is 0.601. The van der Waals surface area contributed by atoms with E-state index in [1.54, 1.807) is 14.0 Å². The summed E-state index contributed by atoms with van der Waals surface area (Å²) in [5.74, 6) is 0.407. The maximum atomic E-state index is 12.9. The number of hydrogen-bond donors (Lipinski definition) is 1. The number of allylic oxidation sites excluding steroid dienone is 1. The number of nitrogens with zero attached hydrogens (tertiary/aromatic N) is 1. The summed E-state index contributed by atoms with van der Waals surface area (Å²) in [7, 11) is 1.62. The van der Waals surface area contributed by atoms with E-state index in [9.17, 15) is 4.79 Å². The van der Waals surface area contributed by atoms with Crippen molar-refractivity contribution in [1.29, 1.82) is 0 Å². The van der Waals surface area contributed by atoms with Crippen LogP contribution in [0.3, 0.4) is 0 Å². The Morgan fingerprint density at radius 3 is 2.50 bits per heavy atom. The fourth-order valence-electron chi connectivity index (χ4n) is 3.36. The molecular formula is C22H24N2O3S. The summed E-state index contributed by atoms with van der Waals surface area (Å²) in [6.07, 6.45) is 0. The molecule has 2 aromatic carbocycles. The lowest BCUT2D eigenvalue weighted by Gasteiger charge is -2.37. The van der Waals surface area contributed by atoms with E-state index in [0.717, 1.165) is 28.3 Å². The van der Waals surface area contributed by atoms with Crippen LogP contribution in [0.1, 0.15) is 31.0 Å². The van der Waals surface area contributed by atoms with Crippen molar-refractivity contribution in [3.05, 3.63) is 70.9 Å². The minimum Gasteiger partial charge on any atom is -0.497 e. The zero-order chi connectivity index (χ0) is 20.3. The lowest BCUT2D eigenvalue weighted by Crippen LogP contribution is -2.48. The molecule has 0 aromatic heterocycles. The van der Waals surface area contributed by atoms with Crippen LogP contribution in [0.2, 0.25) is 0 Å². The van der Waals surface area contributed by atoms with Gasteiger partial charge in [-0.15, -0.1) is 0 Å². The Balaban J connectivity index is 2.10. The Bertz CT molecular complexity index is 922. The molecule has 1 aliphatic heterocycles. The lowest BCUT2D eigenvalue weighted by molar-refractivity contribution is -0.139. The highest BCUT2D eigenvalue weighted by molar-refractivity contribution is 7.80. The second kappa shape index (κ2) is 8.44. The van der Waals surface area contributed by atoms with Gasteiger partial charge in [-0.1, -0.05) is 29.8 Å². The third kappa shape index (κ3) is 3.87. The molecule has 0 fully saturated rings. The van der Waals surface area contributed by atoms with Gasteiger partial charge in [-0.05, 0) is 62.8 Å². The molecule has 1 atom stereocenters. The number of esters is 1. The van der Waals surface area contributed by atoms with Crippen molar-refractivity contribution in [2.45, 2.75) is 26.8 Å². The van der Waals surface area contributed by atoms with Crippen LogP contribution in [0.25, 0.3) is 0 Å². The maximum Gasteiger partial charge on any atom is 0.338 e. The summed E-state index contributed by atoms with van der Waals surface area (Å²) in [5, 5.41) is 3.85. The number of rotatable bonds is 5. The first kappa shape index (κ1) is 19.9. The van der Waals surface area contributed by atoms with Crippen LogP contribution in [0, 0.1) is 6.92 Å². The van der Waals surface area contributed by atoms with Crippen molar-refractivity contribution < 1.29 is 14.3 Å². The lowest BCUT2D eigenvalue weighted by atomic mass is 9.94. The first-order valence-electron chi connectivity index (χ1n) is 9.15. The van der Waals surface area contributed by atoms with Gasteiger partial charge in [-0.25, -0.2) is 4.79 Å². The van der Waals surface area contributed by atoms with E-state index >= 15 is 0 Å². The number of carbonyl (C=O) groups excluding carboxylic acids is 1. The Morgan fingerprint density at radius 1 is 1.18 bits per heavy atom. The van der Waals surface area contributed by atoms with Crippen molar-refractivity contribution in [2.24, 2.45) is 0 Å². The fourth-order valence-corrected chi connectivity index (χ4v) is 3.72. The first-order chi connectivity index (χ1) is 13.5. The van der Waals surface area contributed by atoms with Crippen LogP contribution >= 0.6 is 12.2 Å². The Kier molecular flexibility index (Phi) is 5.99. The van der Waals surface area contributed by atoms with Crippen LogP contribution in [0.4, 0.5) is 5.69 Å². The number of benzene rings is 2. The average Bonchev–Trinajstić information content (AvgIpc) is 2.68. The van der Waals surface area contributed by atoms with Gasteiger partial charge >= 0.3 is 5.97 Å². The van der Waals surface area contributed by atoms with Crippen LogP contribution in [0.5, 0.6) is 5.75 Å². The monoisotopic (exact) mass is 396 g/mol. The van der Waals surface area contributed by atoms with Crippen LogP contribution in [-0.2, 0) is 9.53 Å². The molecule has 1 heterocycles. The molecule has 0 unspecified atom stereocenters. The highest BCUT2D eigenvalue weighted by atomic mass is 32.1. The minimum atomic E-state index is -0.360. The SMILES string of the molecule is CCOC(=O)C1=C(C)N(c2ccc(OC)cc2)C(=S)N[C@H]1c1cccc(C)c1. The molecule has 0 aliphatic carbocycles. The molecule has 2 aromatic rings. The Hall–Kier alpha value is -2.86. The van der Waals surface area contributed by atoms with Gasteiger partial charge in [0.2, 0.25) is 0 Å². The molecule has 5 nitrogen and oxygen atoms in total. The van der Waals surface area contributed by atoms with Gasteiger partial charge in [-0.2, -0.15) is 0 Å². The topological polar surface area (TPSA) is 50.8 Å². The molecular weight excluding hydrogens is 372 g/mol. The predicted molar refractivity (Wildman–Crippen MR) is 114 cm³/mol. The van der Waals surface area contributed by atoms with Crippen molar-refractivity contribution >= 4 is 29.0 Å². The van der Waals surface area contributed by atoms with Gasteiger partial charge in [0.15, 0.2) is 5.11 Å². The van der Waals surface area contributed by atoms with E-state index in [1.165, 1.54) is 0 Å². The maximum absolute atomic E-state index is 12.9. The van der Waals surface area contributed by atoms with Crippen molar-refractivity contribution in [3.8, 4) is 5.75 Å².